The average Bonchev–Trinajstić information content (AvgIpc) is 2.62. The fraction of sp³-hybridized carbons (Fsp3) is 0.278. The third kappa shape index (κ3) is 5.04. The molecule has 0 saturated carbocycles. The van der Waals surface area contributed by atoms with E-state index in [1.54, 1.807) is 38.1 Å². The molecule has 0 atom stereocenters. The van der Waals surface area contributed by atoms with Gasteiger partial charge in [-0.15, -0.1) is 0 Å². The molecule has 1 amide bonds. The Balaban J connectivity index is 1.95. The summed E-state index contributed by atoms with van der Waals surface area (Å²) in [5, 5.41) is 2.71. The van der Waals surface area contributed by atoms with E-state index in [0.717, 1.165) is 0 Å². The smallest absolute Gasteiger partial charge is 0.262 e. The third-order valence-electron chi connectivity index (χ3n) is 3.59. The van der Waals surface area contributed by atoms with E-state index in [-0.39, 0.29) is 17.4 Å². The summed E-state index contributed by atoms with van der Waals surface area (Å²) in [7, 11) is -3.49. The first kappa shape index (κ1) is 19.0. The van der Waals surface area contributed by atoms with Gasteiger partial charge in [-0.25, -0.2) is 8.42 Å². The summed E-state index contributed by atoms with van der Waals surface area (Å²) in [6.07, 6.45) is 0. The number of ether oxygens (including phenoxy) is 1. The van der Waals surface area contributed by atoms with Crippen molar-refractivity contribution in [2.24, 2.45) is 0 Å². The first-order valence-electron chi connectivity index (χ1n) is 8.05. The number of rotatable bonds is 8. The third-order valence-corrected chi connectivity index (χ3v) is 5.66. The van der Waals surface area contributed by atoms with Gasteiger partial charge in [0.05, 0.1) is 4.90 Å². The van der Waals surface area contributed by atoms with Crippen molar-refractivity contribution in [1.82, 2.24) is 4.31 Å². The minimum Gasteiger partial charge on any atom is -0.484 e. The van der Waals surface area contributed by atoms with Crippen LogP contribution in [0, 0.1) is 0 Å². The average molecular weight is 362 g/mol. The van der Waals surface area contributed by atoms with Crippen LogP contribution in [-0.2, 0) is 14.8 Å². The van der Waals surface area contributed by atoms with E-state index in [9.17, 15) is 13.2 Å². The van der Waals surface area contributed by atoms with Gasteiger partial charge in [0.25, 0.3) is 5.91 Å². The summed E-state index contributed by atoms with van der Waals surface area (Å²) in [4.78, 5) is 12.0. The summed E-state index contributed by atoms with van der Waals surface area (Å²) in [5.41, 5.74) is 0.691. The van der Waals surface area contributed by atoms with Crippen molar-refractivity contribution < 1.29 is 17.9 Å². The van der Waals surface area contributed by atoms with Gasteiger partial charge in [-0.1, -0.05) is 32.0 Å². The summed E-state index contributed by atoms with van der Waals surface area (Å²) >= 11 is 0. The minimum absolute atomic E-state index is 0.156. The lowest BCUT2D eigenvalue weighted by Crippen LogP contribution is -2.30. The molecule has 2 aromatic rings. The second-order valence-electron chi connectivity index (χ2n) is 5.26. The molecule has 0 spiro atoms. The number of hydrogen-bond donors (Lipinski definition) is 1. The number of carbonyl (C=O) groups is 1. The molecule has 0 bridgehead atoms. The van der Waals surface area contributed by atoms with Gasteiger partial charge in [0, 0.05) is 18.8 Å². The first-order chi connectivity index (χ1) is 12.0. The second kappa shape index (κ2) is 8.64. The molecule has 0 heterocycles. The zero-order chi connectivity index (χ0) is 18.3. The summed E-state index contributed by atoms with van der Waals surface area (Å²) < 4.78 is 31.6. The van der Waals surface area contributed by atoms with Gasteiger partial charge in [0.1, 0.15) is 5.75 Å². The Morgan fingerprint density at radius 2 is 1.60 bits per heavy atom. The maximum absolute atomic E-state index is 12.4. The number of benzene rings is 2. The van der Waals surface area contributed by atoms with Crippen molar-refractivity contribution >= 4 is 21.6 Å². The number of carbonyl (C=O) groups excluding carboxylic acids is 1. The number of para-hydroxylation sites is 1. The van der Waals surface area contributed by atoms with Crippen molar-refractivity contribution in [2.75, 3.05) is 25.0 Å². The minimum atomic E-state index is -3.49. The highest BCUT2D eigenvalue weighted by Gasteiger charge is 2.21. The van der Waals surface area contributed by atoms with Crippen molar-refractivity contribution in [3.8, 4) is 5.75 Å². The molecule has 0 aliphatic heterocycles. The molecule has 25 heavy (non-hydrogen) atoms. The van der Waals surface area contributed by atoms with Crippen LogP contribution >= 0.6 is 0 Å². The zero-order valence-electron chi connectivity index (χ0n) is 14.3. The second-order valence-corrected chi connectivity index (χ2v) is 7.20. The van der Waals surface area contributed by atoms with E-state index in [2.05, 4.69) is 5.32 Å². The maximum atomic E-state index is 12.4. The van der Waals surface area contributed by atoms with Crippen LogP contribution < -0.4 is 10.1 Å². The lowest BCUT2D eigenvalue weighted by Gasteiger charge is -2.18. The predicted octanol–water partition coefficient (Wildman–Crippen LogP) is 2.73. The molecule has 2 rings (SSSR count). The van der Waals surface area contributed by atoms with E-state index in [0.29, 0.717) is 24.5 Å². The number of amides is 1. The van der Waals surface area contributed by atoms with Crippen molar-refractivity contribution in [3.05, 3.63) is 54.6 Å². The Bertz CT molecular complexity index is 786. The molecule has 1 N–H and O–H groups in total. The fourth-order valence-corrected chi connectivity index (χ4v) is 3.75. The summed E-state index contributed by atoms with van der Waals surface area (Å²) in [6.45, 7) is 4.26. The van der Waals surface area contributed by atoms with E-state index >= 15 is 0 Å². The highest BCUT2D eigenvalue weighted by molar-refractivity contribution is 7.89. The standard InChI is InChI=1S/C18H22N2O4S/c1-3-20(4-2)25(22,23)17-12-10-16(11-13-17)24-14-18(21)19-15-8-6-5-7-9-15/h5-13H,3-4,14H2,1-2H3,(H,19,21). The highest BCUT2D eigenvalue weighted by Crippen LogP contribution is 2.19. The molecule has 0 radical (unpaired) electrons. The van der Waals surface area contributed by atoms with E-state index in [4.69, 9.17) is 4.74 Å². The molecule has 0 fully saturated rings. The highest BCUT2D eigenvalue weighted by atomic mass is 32.2. The van der Waals surface area contributed by atoms with Gasteiger partial charge >= 0.3 is 0 Å². The van der Waals surface area contributed by atoms with Crippen LogP contribution in [0.15, 0.2) is 59.5 Å². The van der Waals surface area contributed by atoms with Gasteiger partial charge in [-0.05, 0) is 36.4 Å². The Morgan fingerprint density at radius 3 is 2.16 bits per heavy atom. The van der Waals surface area contributed by atoms with Crippen LogP contribution in [0.2, 0.25) is 0 Å². The van der Waals surface area contributed by atoms with E-state index in [1.807, 2.05) is 18.2 Å². The molecular formula is C18H22N2O4S. The quantitative estimate of drug-likeness (QED) is 0.783. The normalized spacial score (nSPS) is 11.3. The number of nitrogens with zero attached hydrogens (tertiary/aromatic N) is 1. The van der Waals surface area contributed by atoms with Crippen LogP contribution in [0.25, 0.3) is 0 Å². The molecule has 0 aliphatic rings. The zero-order valence-corrected chi connectivity index (χ0v) is 15.1. The van der Waals surface area contributed by atoms with Crippen LogP contribution in [-0.4, -0.2) is 38.3 Å². The Labute approximate surface area is 148 Å². The van der Waals surface area contributed by atoms with Crippen molar-refractivity contribution in [1.29, 1.82) is 0 Å². The first-order valence-corrected chi connectivity index (χ1v) is 9.49. The number of nitrogens with one attached hydrogen (secondary N) is 1. The van der Waals surface area contributed by atoms with Gasteiger partial charge in [-0.3, -0.25) is 4.79 Å². The summed E-state index contributed by atoms with van der Waals surface area (Å²) in [5.74, 6) is 0.146. The van der Waals surface area contributed by atoms with Gasteiger partial charge < -0.3 is 10.1 Å². The van der Waals surface area contributed by atoms with Gasteiger partial charge in [0.15, 0.2) is 6.61 Å². The Morgan fingerprint density at radius 1 is 1.00 bits per heavy atom. The molecule has 2 aromatic carbocycles. The topological polar surface area (TPSA) is 75.7 Å². The van der Waals surface area contributed by atoms with Gasteiger partial charge in [0.2, 0.25) is 10.0 Å². The molecule has 0 aliphatic carbocycles. The predicted molar refractivity (Wildman–Crippen MR) is 97.1 cm³/mol. The molecule has 0 saturated heterocycles. The molecule has 0 unspecified atom stereocenters. The van der Waals surface area contributed by atoms with Crippen LogP contribution in [0.5, 0.6) is 5.75 Å². The lowest BCUT2D eigenvalue weighted by molar-refractivity contribution is -0.118. The van der Waals surface area contributed by atoms with E-state index in [1.165, 1.54) is 16.4 Å². The number of sulfonamides is 1. The Hall–Kier alpha value is -2.38. The van der Waals surface area contributed by atoms with Crippen LogP contribution in [0.4, 0.5) is 5.69 Å². The molecule has 0 aromatic heterocycles. The van der Waals surface area contributed by atoms with Crippen LogP contribution in [0.1, 0.15) is 13.8 Å². The maximum Gasteiger partial charge on any atom is 0.262 e. The molecule has 6 nitrogen and oxygen atoms in total. The molecule has 7 heteroatoms. The summed E-state index contributed by atoms with van der Waals surface area (Å²) in [6, 6.07) is 15.1. The van der Waals surface area contributed by atoms with Crippen molar-refractivity contribution in [2.45, 2.75) is 18.7 Å². The van der Waals surface area contributed by atoms with E-state index < -0.39 is 10.0 Å². The lowest BCUT2D eigenvalue weighted by atomic mass is 10.3. The Kier molecular flexibility index (Phi) is 6.55. The number of anilines is 1. The fourth-order valence-electron chi connectivity index (χ4n) is 2.29. The molecule has 134 valence electrons. The van der Waals surface area contributed by atoms with Crippen LogP contribution in [0.3, 0.4) is 0 Å². The largest absolute Gasteiger partial charge is 0.484 e. The SMILES string of the molecule is CCN(CC)S(=O)(=O)c1ccc(OCC(=O)Nc2ccccc2)cc1. The molecular weight excluding hydrogens is 340 g/mol. The van der Waals surface area contributed by atoms with Gasteiger partial charge in [-0.2, -0.15) is 4.31 Å². The number of hydrogen-bond acceptors (Lipinski definition) is 4. The van der Waals surface area contributed by atoms with Crippen molar-refractivity contribution in [3.63, 3.8) is 0 Å². The monoisotopic (exact) mass is 362 g/mol.